The third kappa shape index (κ3) is 3.80. The maximum atomic E-state index is 12.3. The van der Waals surface area contributed by atoms with Crippen molar-refractivity contribution in [2.75, 3.05) is 19.0 Å². The number of carbonyl (C=O) groups excluding carboxylic acids is 3. The zero-order valence-corrected chi connectivity index (χ0v) is 16.4. The lowest BCUT2D eigenvalue weighted by molar-refractivity contribution is -0.116. The molecule has 4 rings (SSSR count). The first-order chi connectivity index (χ1) is 14.5. The zero-order valence-electron chi connectivity index (χ0n) is 16.4. The standard InChI is InChI=1S/C24H20N2O4/c1-26-23(28)19-12-11-17(15-20(19)24(26)29)25-22(27)13-14-30-21-10-6-5-9-18(21)16-7-3-2-4-8-16/h2-12,15H,13-14H2,1H3,(H,25,27). The molecule has 1 aliphatic heterocycles. The normalized spacial score (nSPS) is 12.6. The summed E-state index contributed by atoms with van der Waals surface area (Å²) in [6.07, 6.45) is 0.146. The van der Waals surface area contributed by atoms with Crippen LogP contribution < -0.4 is 10.1 Å². The maximum Gasteiger partial charge on any atom is 0.261 e. The fourth-order valence-corrected chi connectivity index (χ4v) is 3.36. The Morgan fingerprint density at radius 3 is 2.37 bits per heavy atom. The van der Waals surface area contributed by atoms with Gasteiger partial charge in [0.2, 0.25) is 5.91 Å². The van der Waals surface area contributed by atoms with E-state index in [4.69, 9.17) is 4.74 Å². The number of nitrogens with one attached hydrogen (secondary N) is 1. The van der Waals surface area contributed by atoms with E-state index in [-0.39, 0.29) is 30.7 Å². The van der Waals surface area contributed by atoms with Gasteiger partial charge in [-0.25, -0.2) is 0 Å². The Morgan fingerprint density at radius 2 is 1.57 bits per heavy atom. The predicted molar refractivity (Wildman–Crippen MR) is 113 cm³/mol. The highest BCUT2D eigenvalue weighted by Gasteiger charge is 2.32. The monoisotopic (exact) mass is 400 g/mol. The highest BCUT2D eigenvalue weighted by atomic mass is 16.5. The number of para-hydroxylation sites is 1. The Bertz CT molecular complexity index is 1130. The van der Waals surface area contributed by atoms with Gasteiger partial charge in [-0.3, -0.25) is 19.3 Å². The van der Waals surface area contributed by atoms with E-state index in [1.165, 1.54) is 13.1 Å². The molecule has 0 bridgehead atoms. The number of carbonyl (C=O) groups is 3. The minimum absolute atomic E-state index is 0.146. The van der Waals surface area contributed by atoms with E-state index >= 15 is 0 Å². The van der Waals surface area contributed by atoms with E-state index < -0.39 is 0 Å². The van der Waals surface area contributed by atoms with E-state index in [0.29, 0.717) is 22.6 Å². The molecule has 3 amide bonds. The molecule has 150 valence electrons. The molecule has 1 heterocycles. The first-order valence-corrected chi connectivity index (χ1v) is 9.58. The van der Waals surface area contributed by atoms with Crippen LogP contribution in [0.3, 0.4) is 0 Å². The second-order valence-electron chi connectivity index (χ2n) is 6.94. The average molecular weight is 400 g/mol. The van der Waals surface area contributed by atoms with Gasteiger partial charge in [0, 0.05) is 18.3 Å². The Morgan fingerprint density at radius 1 is 0.867 bits per heavy atom. The number of amides is 3. The summed E-state index contributed by atoms with van der Waals surface area (Å²) in [6.45, 7) is 0.209. The van der Waals surface area contributed by atoms with Crippen molar-refractivity contribution >= 4 is 23.4 Å². The van der Waals surface area contributed by atoms with Crippen LogP contribution >= 0.6 is 0 Å². The summed E-state index contributed by atoms with van der Waals surface area (Å²) in [6, 6.07) is 22.3. The molecule has 30 heavy (non-hydrogen) atoms. The van der Waals surface area contributed by atoms with Crippen molar-refractivity contribution < 1.29 is 19.1 Å². The Labute approximate surface area is 174 Å². The van der Waals surface area contributed by atoms with E-state index in [1.54, 1.807) is 12.1 Å². The fourth-order valence-electron chi connectivity index (χ4n) is 3.36. The van der Waals surface area contributed by atoms with Gasteiger partial charge < -0.3 is 10.1 Å². The molecule has 0 unspecified atom stereocenters. The molecule has 0 fully saturated rings. The summed E-state index contributed by atoms with van der Waals surface area (Å²) in [5.74, 6) is -0.233. The van der Waals surface area contributed by atoms with Crippen LogP contribution in [0.15, 0.2) is 72.8 Å². The van der Waals surface area contributed by atoms with Crippen molar-refractivity contribution in [2.45, 2.75) is 6.42 Å². The summed E-state index contributed by atoms with van der Waals surface area (Å²) in [4.78, 5) is 37.4. The van der Waals surface area contributed by atoms with Crippen LogP contribution in [0.25, 0.3) is 11.1 Å². The minimum Gasteiger partial charge on any atom is -0.492 e. The summed E-state index contributed by atoms with van der Waals surface area (Å²) in [7, 11) is 1.44. The van der Waals surface area contributed by atoms with Gasteiger partial charge in [0.1, 0.15) is 5.75 Å². The molecule has 1 aliphatic rings. The lowest BCUT2D eigenvalue weighted by Crippen LogP contribution is -2.24. The van der Waals surface area contributed by atoms with Crippen LogP contribution in [0.1, 0.15) is 27.1 Å². The lowest BCUT2D eigenvalue weighted by atomic mass is 10.1. The van der Waals surface area contributed by atoms with Crippen LogP contribution in [-0.4, -0.2) is 36.3 Å². The van der Waals surface area contributed by atoms with Crippen LogP contribution in [0, 0.1) is 0 Å². The van der Waals surface area contributed by atoms with Gasteiger partial charge in [0.05, 0.1) is 24.2 Å². The third-order valence-electron chi connectivity index (χ3n) is 4.93. The molecule has 1 N–H and O–H groups in total. The highest BCUT2D eigenvalue weighted by molar-refractivity contribution is 6.21. The molecule has 0 spiro atoms. The molecule has 0 atom stereocenters. The van der Waals surface area contributed by atoms with Crippen LogP contribution in [0.4, 0.5) is 5.69 Å². The summed E-state index contributed by atoms with van der Waals surface area (Å²) in [5.41, 5.74) is 3.12. The number of benzene rings is 3. The molecule has 0 aromatic heterocycles. The van der Waals surface area contributed by atoms with Crippen molar-refractivity contribution in [1.82, 2.24) is 4.90 Å². The smallest absolute Gasteiger partial charge is 0.261 e. The first-order valence-electron chi connectivity index (χ1n) is 9.58. The van der Waals surface area contributed by atoms with E-state index in [9.17, 15) is 14.4 Å². The van der Waals surface area contributed by atoms with Crippen molar-refractivity contribution in [3.05, 3.63) is 83.9 Å². The van der Waals surface area contributed by atoms with Gasteiger partial charge in [-0.15, -0.1) is 0 Å². The molecule has 6 heteroatoms. The van der Waals surface area contributed by atoms with Gasteiger partial charge in [-0.05, 0) is 29.8 Å². The largest absolute Gasteiger partial charge is 0.492 e. The number of nitrogens with zero attached hydrogens (tertiary/aromatic N) is 1. The number of fused-ring (bicyclic) bond motifs is 1. The van der Waals surface area contributed by atoms with Gasteiger partial charge in [-0.1, -0.05) is 48.5 Å². The average Bonchev–Trinajstić information content (AvgIpc) is 2.98. The first kappa shape index (κ1) is 19.4. The molecule has 0 saturated heterocycles. The Kier molecular flexibility index (Phi) is 5.30. The topological polar surface area (TPSA) is 75.7 Å². The Hall–Kier alpha value is -3.93. The van der Waals surface area contributed by atoms with E-state index in [1.807, 2.05) is 54.6 Å². The number of hydrogen-bond donors (Lipinski definition) is 1. The summed E-state index contributed by atoms with van der Waals surface area (Å²) >= 11 is 0. The second-order valence-corrected chi connectivity index (χ2v) is 6.94. The number of ether oxygens (including phenoxy) is 1. The molecular weight excluding hydrogens is 380 g/mol. The predicted octanol–water partition coefficient (Wildman–Crippen LogP) is 3.99. The van der Waals surface area contributed by atoms with Crippen molar-refractivity contribution in [3.63, 3.8) is 0 Å². The second kappa shape index (κ2) is 8.21. The molecule has 0 radical (unpaired) electrons. The molecule has 6 nitrogen and oxygen atoms in total. The SMILES string of the molecule is CN1C(=O)c2ccc(NC(=O)CCOc3ccccc3-c3ccccc3)cc2C1=O. The van der Waals surface area contributed by atoms with Crippen molar-refractivity contribution in [2.24, 2.45) is 0 Å². The molecular formula is C24H20N2O4. The van der Waals surface area contributed by atoms with E-state index in [2.05, 4.69) is 5.32 Å². The van der Waals surface area contributed by atoms with Gasteiger partial charge in [0.25, 0.3) is 11.8 Å². The third-order valence-corrected chi connectivity index (χ3v) is 4.93. The van der Waals surface area contributed by atoms with Gasteiger partial charge in [-0.2, -0.15) is 0 Å². The summed E-state index contributed by atoms with van der Waals surface area (Å²) in [5, 5.41) is 2.75. The number of rotatable bonds is 6. The fraction of sp³-hybridized carbons (Fsp3) is 0.125. The van der Waals surface area contributed by atoms with Gasteiger partial charge >= 0.3 is 0 Å². The zero-order chi connectivity index (χ0) is 21.1. The molecule has 0 aliphatic carbocycles. The quantitative estimate of drug-likeness (QED) is 0.635. The van der Waals surface area contributed by atoms with Crippen molar-refractivity contribution in [3.8, 4) is 16.9 Å². The van der Waals surface area contributed by atoms with Crippen LogP contribution in [0.2, 0.25) is 0 Å². The summed E-state index contributed by atoms with van der Waals surface area (Å²) < 4.78 is 5.85. The van der Waals surface area contributed by atoms with Crippen molar-refractivity contribution in [1.29, 1.82) is 0 Å². The minimum atomic E-state index is -0.369. The van der Waals surface area contributed by atoms with Crippen LogP contribution in [-0.2, 0) is 4.79 Å². The number of hydrogen-bond acceptors (Lipinski definition) is 4. The highest BCUT2D eigenvalue weighted by Crippen LogP contribution is 2.29. The lowest BCUT2D eigenvalue weighted by Gasteiger charge is -2.12. The maximum absolute atomic E-state index is 12.3. The van der Waals surface area contributed by atoms with Crippen LogP contribution in [0.5, 0.6) is 5.75 Å². The van der Waals surface area contributed by atoms with E-state index in [0.717, 1.165) is 16.0 Å². The van der Waals surface area contributed by atoms with Gasteiger partial charge in [0.15, 0.2) is 0 Å². The molecule has 0 saturated carbocycles. The molecule has 3 aromatic carbocycles. The molecule has 3 aromatic rings. The Balaban J connectivity index is 1.37. The number of anilines is 1. The number of imide groups is 1.